The Kier molecular flexibility index (Phi) is 11.0. The summed E-state index contributed by atoms with van der Waals surface area (Å²) in [7, 11) is 0. The number of nitrogens with two attached hydrogens (primary N) is 1. The molecule has 1 aliphatic carbocycles. The number of amides is 1. The van der Waals surface area contributed by atoms with Crippen molar-refractivity contribution in [1.29, 1.82) is 0 Å². The standard InChI is InChI=1S/C16H26N2O5S.Na/c1-16(2)8-10(16)13(19)18-12(15(22)23)6-4-3-5-7-24-9-11(17)14(20)21;/h6,10-11H,3-5,7-9,17H2,1-2H3,(H,18,19)(H,20,21)(H,22,23);/q;+1/p-1/t10-,11-;/m1./s1. The maximum Gasteiger partial charge on any atom is 1.00 e. The van der Waals surface area contributed by atoms with Gasteiger partial charge in [0.1, 0.15) is 5.70 Å². The van der Waals surface area contributed by atoms with Crippen LogP contribution in [0.5, 0.6) is 0 Å². The molecule has 1 amide bonds. The van der Waals surface area contributed by atoms with Crippen LogP contribution in [0, 0.1) is 11.3 Å². The first-order valence-electron chi connectivity index (χ1n) is 7.93. The number of thioether (sulfide) groups is 1. The zero-order valence-corrected chi connectivity index (χ0v) is 17.9. The van der Waals surface area contributed by atoms with Gasteiger partial charge in [-0.1, -0.05) is 19.9 Å². The molecule has 1 rings (SSSR count). The topological polar surface area (TPSA) is 133 Å². The van der Waals surface area contributed by atoms with E-state index in [0.29, 0.717) is 12.2 Å². The van der Waals surface area contributed by atoms with Crippen molar-refractivity contribution in [2.24, 2.45) is 17.1 Å². The molecule has 0 radical (unpaired) electrons. The number of hydrogen-bond acceptors (Lipinski definition) is 6. The van der Waals surface area contributed by atoms with E-state index in [1.54, 1.807) is 0 Å². The maximum absolute atomic E-state index is 11.9. The second kappa shape index (κ2) is 11.2. The summed E-state index contributed by atoms with van der Waals surface area (Å²) in [5.74, 6) is -1.72. The molecule has 7 nitrogen and oxygen atoms in total. The van der Waals surface area contributed by atoms with Crippen LogP contribution >= 0.6 is 11.8 Å². The van der Waals surface area contributed by atoms with E-state index in [1.807, 2.05) is 13.8 Å². The molecule has 9 heteroatoms. The molecule has 0 aromatic carbocycles. The zero-order valence-electron chi connectivity index (χ0n) is 15.0. The number of unbranched alkanes of at least 4 members (excludes halogenated alkanes) is 2. The van der Waals surface area contributed by atoms with Gasteiger partial charge in [-0.2, -0.15) is 11.8 Å². The van der Waals surface area contributed by atoms with Crippen molar-refractivity contribution in [1.82, 2.24) is 5.32 Å². The van der Waals surface area contributed by atoms with E-state index in [0.717, 1.165) is 25.0 Å². The summed E-state index contributed by atoms with van der Waals surface area (Å²) in [5.41, 5.74) is 5.21. The minimum Gasteiger partial charge on any atom is -0.548 e. The number of allylic oxidation sites excluding steroid dienone is 1. The van der Waals surface area contributed by atoms with Crippen molar-refractivity contribution in [3.8, 4) is 0 Å². The Morgan fingerprint density at radius 1 is 1.40 bits per heavy atom. The van der Waals surface area contributed by atoms with Crippen molar-refractivity contribution < 1.29 is 54.2 Å². The molecule has 0 heterocycles. The van der Waals surface area contributed by atoms with Crippen LogP contribution in [0.3, 0.4) is 0 Å². The van der Waals surface area contributed by atoms with E-state index in [9.17, 15) is 19.5 Å². The number of carboxylic acids is 2. The summed E-state index contributed by atoms with van der Waals surface area (Å²) in [6.45, 7) is 3.96. The van der Waals surface area contributed by atoms with Gasteiger partial charge in [0.15, 0.2) is 0 Å². The van der Waals surface area contributed by atoms with Gasteiger partial charge in [-0.25, -0.2) is 4.79 Å². The van der Waals surface area contributed by atoms with Crippen molar-refractivity contribution in [2.45, 2.75) is 45.6 Å². The summed E-state index contributed by atoms with van der Waals surface area (Å²) in [6.07, 6.45) is 4.37. The summed E-state index contributed by atoms with van der Waals surface area (Å²) < 4.78 is 0. The Morgan fingerprint density at radius 2 is 2.00 bits per heavy atom. The van der Waals surface area contributed by atoms with Gasteiger partial charge in [0.05, 0.1) is 12.0 Å². The molecular formula is C16H25N2NaO5S. The van der Waals surface area contributed by atoms with Crippen LogP contribution < -0.4 is 45.7 Å². The molecule has 0 unspecified atom stereocenters. The molecule has 0 spiro atoms. The quantitative estimate of drug-likeness (QED) is 0.199. The van der Waals surface area contributed by atoms with Crippen LogP contribution in [0.4, 0.5) is 0 Å². The number of aliphatic carboxylic acids is 2. The number of rotatable bonds is 11. The van der Waals surface area contributed by atoms with Crippen molar-refractivity contribution in [3.63, 3.8) is 0 Å². The molecule has 1 fully saturated rings. The summed E-state index contributed by atoms with van der Waals surface area (Å²) >= 11 is 1.42. The van der Waals surface area contributed by atoms with Crippen LogP contribution in [0.25, 0.3) is 0 Å². The molecule has 0 aliphatic heterocycles. The molecule has 0 aromatic rings. The molecule has 1 aliphatic rings. The van der Waals surface area contributed by atoms with E-state index >= 15 is 0 Å². The maximum atomic E-state index is 11.9. The van der Waals surface area contributed by atoms with Gasteiger partial charge in [0.25, 0.3) is 0 Å². The van der Waals surface area contributed by atoms with E-state index in [-0.39, 0.29) is 52.5 Å². The Hall–Kier alpha value is -0.540. The van der Waals surface area contributed by atoms with E-state index in [2.05, 4.69) is 5.32 Å². The Labute approximate surface area is 174 Å². The van der Waals surface area contributed by atoms with Gasteiger partial charge in [-0.05, 0) is 36.9 Å². The third-order valence-electron chi connectivity index (χ3n) is 4.01. The van der Waals surface area contributed by atoms with E-state index in [4.69, 9.17) is 10.8 Å². The van der Waals surface area contributed by atoms with Crippen LogP contribution in [-0.2, 0) is 14.4 Å². The largest absolute Gasteiger partial charge is 1.00 e. The smallest absolute Gasteiger partial charge is 0.548 e. The Balaban J connectivity index is 0.00000576. The SMILES string of the molecule is CC1(C)C[C@@H]1C(=O)NC(=CCCCCSC[C@@H](N)C(=O)[O-])C(=O)O.[Na+]. The monoisotopic (exact) mass is 380 g/mol. The predicted octanol–water partition coefficient (Wildman–Crippen LogP) is -2.90. The Bertz CT molecular complexity index is 525. The third-order valence-corrected chi connectivity index (χ3v) is 5.18. The fourth-order valence-electron chi connectivity index (χ4n) is 2.20. The number of nitrogens with one attached hydrogen (secondary N) is 1. The molecule has 2 atom stereocenters. The van der Waals surface area contributed by atoms with Crippen LogP contribution in [-0.4, -0.2) is 40.5 Å². The zero-order chi connectivity index (χ0) is 18.3. The second-order valence-corrected chi connectivity index (χ2v) is 7.80. The molecule has 1 saturated carbocycles. The summed E-state index contributed by atoms with van der Waals surface area (Å²) in [6, 6.07) is -0.963. The van der Waals surface area contributed by atoms with Crippen LogP contribution in [0.15, 0.2) is 11.8 Å². The third kappa shape index (κ3) is 9.10. The number of carbonyl (C=O) groups excluding carboxylic acids is 2. The normalized spacial score (nSPS) is 19.5. The van der Waals surface area contributed by atoms with Crippen LogP contribution in [0.2, 0.25) is 0 Å². The van der Waals surface area contributed by atoms with Crippen LogP contribution in [0.1, 0.15) is 39.5 Å². The fraction of sp³-hybridized carbons (Fsp3) is 0.688. The van der Waals surface area contributed by atoms with Crippen molar-refractivity contribution >= 4 is 29.6 Å². The van der Waals surface area contributed by atoms with Gasteiger partial charge in [-0.3, -0.25) is 4.79 Å². The van der Waals surface area contributed by atoms with Crippen molar-refractivity contribution in [3.05, 3.63) is 11.8 Å². The first kappa shape index (κ1) is 24.5. The average Bonchev–Trinajstić information content (AvgIpc) is 3.13. The minimum absolute atomic E-state index is 0. The number of carbonyl (C=O) groups is 3. The van der Waals surface area contributed by atoms with Gasteiger partial charge >= 0.3 is 35.5 Å². The molecule has 0 aromatic heterocycles. The van der Waals surface area contributed by atoms with Gasteiger partial charge in [0.2, 0.25) is 5.91 Å². The fourth-order valence-corrected chi connectivity index (χ4v) is 3.16. The first-order chi connectivity index (χ1) is 11.1. The summed E-state index contributed by atoms with van der Waals surface area (Å²) in [5, 5.41) is 22.1. The van der Waals surface area contributed by atoms with Gasteiger partial charge in [0, 0.05) is 11.7 Å². The Morgan fingerprint density at radius 3 is 2.48 bits per heavy atom. The minimum atomic E-state index is -1.26. The number of hydrogen-bond donors (Lipinski definition) is 3. The molecule has 4 N–H and O–H groups in total. The number of carboxylic acid groups (broad SMARTS) is 2. The molecule has 25 heavy (non-hydrogen) atoms. The average molecular weight is 380 g/mol. The molecule has 136 valence electrons. The van der Waals surface area contributed by atoms with E-state index < -0.39 is 18.0 Å². The van der Waals surface area contributed by atoms with E-state index in [1.165, 1.54) is 17.8 Å². The predicted molar refractivity (Wildman–Crippen MR) is 89.9 cm³/mol. The molecule has 0 saturated heterocycles. The van der Waals surface area contributed by atoms with Crippen molar-refractivity contribution in [2.75, 3.05) is 11.5 Å². The second-order valence-electron chi connectivity index (χ2n) is 6.65. The van der Waals surface area contributed by atoms with Gasteiger partial charge in [-0.15, -0.1) is 0 Å². The molecular weight excluding hydrogens is 355 g/mol. The van der Waals surface area contributed by atoms with Gasteiger partial charge < -0.3 is 26.1 Å². The first-order valence-corrected chi connectivity index (χ1v) is 9.09. The summed E-state index contributed by atoms with van der Waals surface area (Å²) in [4.78, 5) is 33.6. The molecule has 0 bridgehead atoms.